The minimum absolute atomic E-state index is 0.330. The number of rotatable bonds is 5. The summed E-state index contributed by atoms with van der Waals surface area (Å²) in [6.07, 6.45) is 2.29. The zero-order chi connectivity index (χ0) is 11.5. The molecule has 0 aliphatic carbocycles. The molecule has 0 fully saturated rings. The lowest BCUT2D eigenvalue weighted by Gasteiger charge is -2.27. The normalized spacial score (nSPS) is 14.2. The zero-order valence-corrected chi connectivity index (χ0v) is 11.5. The number of halogens is 1. The van der Waals surface area contributed by atoms with Crippen molar-refractivity contribution in [3.05, 3.63) is 21.3 Å². The molecule has 3 heteroatoms. The van der Waals surface area contributed by atoms with Crippen molar-refractivity contribution in [2.75, 3.05) is 7.05 Å². The van der Waals surface area contributed by atoms with Crippen molar-refractivity contribution in [1.82, 2.24) is 5.32 Å². The van der Waals surface area contributed by atoms with Crippen molar-refractivity contribution in [3.63, 3.8) is 0 Å². The Bertz CT molecular complexity index is 306. The minimum atomic E-state index is 0.330. The van der Waals surface area contributed by atoms with Crippen LogP contribution < -0.4 is 5.32 Å². The predicted octanol–water partition coefficient (Wildman–Crippen LogP) is 3.97. The average Bonchev–Trinajstić information content (AvgIpc) is 2.49. The maximum Gasteiger partial charge on any atom is 0.0931 e. The SMILES string of the molecule is CNC(C)CC(C)(C)Cc1ccc(Cl)s1. The summed E-state index contributed by atoms with van der Waals surface area (Å²) >= 11 is 7.62. The van der Waals surface area contributed by atoms with Crippen LogP contribution in [0.25, 0.3) is 0 Å². The molecule has 86 valence electrons. The van der Waals surface area contributed by atoms with Gasteiger partial charge in [0.05, 0.1) is 4.34 Å². The Morgan fingerprint density at radius 1 is 1.47 bits per heavy atom. The molecule has 0 spiro atoms. The van der Waals surface area contributed by atoms with E-state index in [2.05, 4.69) is 32.2 Å². The molecule has 0 aromatic carbocycles. The fraction of sp³-hybridized carbons (Fsp3) is 0.667. The van der Waals surface area contributed by atoms with Gasteiger partial charge in [0.1, 0.15) is 0 Å². The molecule has 1 atom stereocenters. The van der Waals surface area contributed by atoms with Gasteiger partial charge in [0.15, 0.2) is 0 Å². The van der Waals surface area contributed by atoms with Gasteiger partial charge in [-0.2, -0.15) is 0 Å². The van der Waals surface area contributed by atoms with Gasteiger partial charge in [0.2, 0.25) is 0 Å². The van der Waals surface area contributed by atoms with Crippen LogP contribution in [0.3, 0.4) is 0 Å². The van der Waals surface area contributed by atoms with Crippen LogP contribution in [-0.2, 0) is 6.42 Å². The molecule has 1 aromatic rings. The van der Waals surface area contributed by atoms with E-state index < -0.39 is 0 Å². The standard InChI is InChI=1S/C12H20ClNS/c1-9(14-4)7-12(2,3)8-10-5-6-11(13)15-10/h5-6,9,14H,7-8H2,1-4H3. The highest BCUT2D eigenvalue weighted by Crippen LogP contribution is 2.31. The van der Waals surface area contributed by atoms with E-state index in [-0.39, 0.29) is 0 Å². The second kappa shape index (κ2) is 5.33. The Morgan fingerprint density at radius 2 is 2.13 bits per heavy atom. The third kappa shape index (κ3) is 4.54. The van der Waals surface area contributed by atoms with E-state index >= 15 is 0 Å². The molecule has 1 heterocycles. The van der Waals surface area contributed by atoms with Crippen molar-refractivity contribution >= 4 is 22.9 Å². The first kappa shape index (κ1) is 13.0. The molecule has 0 radical (unpaired) electrons. The molecular weight excluding hydrogens is 226 g/mol. The third-order valence-electron chi connectivity index (χ3n) is 2.63. The summed E-state index contributed by atoms with van der Waals surface area (Å²) in [6.45, 7) is 6.85. The Kier molecular flexibility index (Phi) is 4.63. The topological polar surface area (TPSA) is 12.0 Å². The Balaban J connectivity index is 2.55. The van der Waals surface area contributed by atoms with Gasteiger partial charge in [-0.25, -0.2) is 0 Å². The Labute approximate surface area is 102 Å². The highest BCUT2D eigenvalue weighted by atomic mass is 35.5. The lowest BCUT2D eigenvalue weighted by molar-refractivity contribution is 0.295. The first-order valence-electron chi connectivity index (χ1n) is 5.34. The third-order valence-corrected chi connectivity index (χ3v) is 3.86. The van der Waals surface area contributed by atoms with Crippen LogP contribution >= 0.6 is 22.9 Å². The predicted molar refractivity (Wildman–Crippen MR) is 70.0 cm³/mol. The average molecular weight is 246 g/mol. The number of hydrogen-bond donors (Lipinski definition) is 1. The fourth-order valence-electron chi connectivity index (χ4n) is 1.92. The van der Waals surface area contributed by atoms with Crippen LogP contribution in [0, 0.1) is 5.41 Å². The van der Waals surface area contributed by atoms with Crippen LogP contribution in [-0.4, -0.2) is 13.1 Å². The quantitative estimate of drug-likeness (QED) is 0.828. The molecule has 0 amide bonds. The zero-order valence-electron chi connectivity index (χ0n) is 9.93. The molecule has 0 aliphatic rings. The van der Waals surface area contributed by atoms with E-state index in [0.29, 0.717) is 11.5 Å². The van der Waals surface area contributed by atoms with E-state index in [0.717, 1.165) is 10.8 Å². The van der Waals surface area contributed by atoms with E-state index in [1.807, 2.05) is 13.1 Å². The Morgan fingerprint density at radius 3 is 2.60 bits per heavy atom. The van der Waals surface area contributed by atoms with Gasteiger partial charge < -0.3 is 5.32 Å². The number of thiophene rings is 1. The summed E-state index contributed by atoms with van der Waals surface area (Å²) in [4.78, 5) is 1.38. The van der Waals surface area contributed by atoms with E-state index in [1.165, 1.54) is 11.3 Å². The minimum Gasteiger partial charge on any atom is -0.317 e. The van der Waals surface area contributed by atoms with Gasteiger partial charge in [0.25, 0.3) is 0 Å². The van der Waals surface area contributed by atoms with Crippen molar-refractivity contribution in [2.24, 2.45) is 5.41 Å². The maximum absolute atomic E-state index is 5.93. The van der Waals surface area contributed by atoms with Crippen LogP contribution in [0.5, 0.6) is 0 Å². The summed E-state index contributed by atoms with van der Waals surface area (Å²) in [6, 6.07) is 4.69. The van der Waals surface area contributed by atoms with Gasteiger partial charge in [-0.15, -0.1) is 11.3 Å². The second-order valence-corrected chi connectivity index (χ2v) is 6.74. The van der Waals surface area contributed by atoms with Crippen LogP contribution in [0.2, 0.25) is 4.34 Å². The molecule has 1 unspecified atom stereocenters. The molecule has 1 nitrogen and oxygen atoms in total. The lowest BCUT2D eigenvalue weighted by Crippen LogP contribution is -2.29. The maximum atomic E-state index is 5.93. The Hall–Kier alpha value is -0.0500. The lowest BCUT2D eigenvalue weighted by atomic mass is 9.82. The molecule has 1 N–H and O–H groups in total. The van der Waals surface area contributed by atoms with Crippen molar-refractivity contribution in [3.8, 4) is 0 Å². The largest absolute Gasteiger partial charge is 0.317 e. The van der Waals surface area contributed by atoms with E-state index in [1.54, 1.807) is 11.3 Å². The molecule has 0 saturated heterocycles. The highest BCUT2D eigenvalue weighted by Gasteiger charge is 2.21. The molecule has 1 rings (SSSR count). The summed E-state index contributed by atoms with van der Waals surface area (Å²) in [5.74, 6) is 0. The van der Waals surface area contributed by atoms with Crippen molar-refractivity contribution in [2.45, 2.75) is 39.7 Å². The molecule has 0 bridgehead atoms. The smallest absolute Gasteiger partial charge is 0.0931 e. The summed E-state index contributed by atoms with van der Waals surface area (Å²) in [5, 5.41) is 3.29. The highest BCUT2D eigenvalue weighted by molar-refractivity contribution is 7.16. The summed E-state index contributed by atoms with van der Waals surface area (Å²) in [7, 11) is 2.02. The summed E-state index contributed by atoms with van der Waals surface area (Å²) < 4.78 is 0.891. The molecule has 1 aromatic heterocycles. The fourth-order valence-corrected chi connectivity index (χ4v) is 3.27. The number of nitrogens with one attached hydrogen (secondary N) is 1. The van der Waals surface area contributed by atoms with Gasteiger partial charge in [-0.3, -0.25) is 0 Å². The first-order chi connectivity index (χ1) is 6.93. The van der Waals surface area contributed by atoms with E-state index in [9.17, 15) is 0 Å². The molecular formula is C12H20ClNS. The second-order valence-electron chi connectivity index (χ2n) is 4.94. The molecule has 0 aliphatic heterocycles. The van der Waals surface area contributed by atoms with Gasteiger partial charge in [0, 0.05) is 10.9 Å². The van der Waals surface area contributed by atoms with Crippen molar-refractivity contribution < 1.29 is 0 Å². The molecule has 0 saturated carbocycles. The summed E-state index contributed by atoms with van der Waals surface area (Å²) in [5.41, 5.74) is 0.330. The van der Waals surface area contributed by atoms with Crippen LogP contribution in [0.15, 0.2) is 12.1 Å². The van der Waals surface area contributed by atoms with Crippen LogP contribution in [0.4, 0.5) is 0 Å². The van der Waals surface area contributed by atoms with E-state index in [4.69, 9.17) is 11.6 Å². The monoisotopic (exact) mass is 245 g/mol. The van der Waals surface area contributed by atoms with Crippen LogP contribution in [0.1, 0.15) is 32.1 Å². The van der Waals surface area contributed by atoms with Crippen molar-refractivity contribution in [1.29, 1.82) is 0 Å². The van der Waals surface area contributed by atoms with Gasteiger partial charge >= 0.3 is 0 Å². The number of hydrogen-bond acceptors (Lipinski definition) is 2. The molecule has 15 heavy (non-hydrogen) atoms. The first-order valence-corrected chi connectivity index (χ1v) is 6.54. The van der Waals surface area contributed by atoms with Gasteiger partial charge in [-0.1, -0.05) is 25.4 Å². The van der Waals surface area contributed by atoms with Gasteiger partial charge in [-0.05, 0) is 44.4 Å².